The average Bonchev–Trinajstić information content (AvgIpc) is 3.68. The molecule has 0 radical (unpaired) electrons. The van der Waals surface area contributed by atoms with Crippen molar-refractivity contribution in [3.05, 3.63) is 180 Å². The van der Waals surface area contributed by atoms with Crippen LogP contribution in [0.25, 0.3) is 66.5 Å². The van der Waals surface area contributed by atoms with Gasteiger partial charge in [0.25, 0.3) is 0 Å². The van der Waals surface area contributed by atoms with E-state index in [0.717, 1.165) is 28.4 Å². The molecule has 3 heteroatoms. The molecule has 1 aliphatic heterocycles. The van der Waals surface area contributed by atoms with Crippen LogP contribution in [0.5, 0.6) is 11.5 Å². The Bertz CT molecular complexity index is 2860. The molecular weight excluding hydrogens is 633 g/mol. The fourth-order valence-electron chi connectivity index (χ4n) is 8.85. The number of hydrogen-bond acceptors (Lipinski definition) is 1. The molecule has 0 bridgehead atoms. The van der Waals surface area contributed by atoms with E-state index in [-0.39, 0.29) is 5.41 Å². The van der Waals surface area contributed by atoms with Gasteiger partial charge in [0.15, 0.2) is 0 Å². The maximum Gasteiger partial charge on any atom is 0.139 e. The molecule has 1 aliphatic rings. The molecular formula is C49H38N2O. The molecule has 0 amide bonds. The van der Waals surface area contributed by atoms with Gasteiger partial charge >= 0.3 is 0 Å². The molecule has 250 valence electrons. The van der Waals surface area contributed by atoms with Gasteiger partial charge in [0, 0.05) is 44.3 Å². The second-order valence-corrected chi connectivity index (χ2v) is 14.6. The molecule has 0 saturated heterocycles. The standard InChI is InChI=1S/C49H38N2O/c1-31-28-29-36(32(2)45(31)39-22-15-24-41-48(39)52-44-27-13-10-23-40(44)49(41,3)4)33-16-14-19-35(30-33)51-43-26-12-9-21-38(43)46-47(51)37-20-8-11-25-42(37)50(46)34-17-6-5-7-18-34/h5-30H,1-4H3. The molecule has 9 aromatic rings. The van der Waals surface area contributed by atoms with E-state index in [0.29, 0.717) is 0 Å². The van der Waals surface area contributed by atoms with Crippen molar-refractivity contribution in [2.24, 2.45) is 0 Å². The number of aromatic nitrogens is 2. The summed E-state index contributed by atoms with van der Waals surface area (Å²) in [5.41, 5.74) is 16.6. The lowest BCUT2D eigenvalue weighted by atomic mass is 9.74. The van der Waals surface area contributed by atoms with Crippen molar-refractivity contribution in [3.8, 4) is 45.1 Å². The summed E-state index contributed by atoms with van der Waals surface area (Å²) in [4.78, 5) is 0. The van der Waals surface area contributed by atoms with Gasteiger partial charge in [-0.3, -0.25) is 0 Å². The summed E-state index contributed by atoms with van der Waals surface area (Å²) in [6, 6.07) is 57.0. The number of nitrogens with zero attached hydrogens (tertiary/aromatic N) is 2. The zero-order valence-corrected chi connectivity index (χ0v) is 29.8. The Morgan fingerprint density at radius 1 is 0.500 bits per heavy atom. The molecule has 0 spiro atoms. The Kier molecular flexibility index (Phi) is 6.65. The number of hydrogen-bond donors (Lipinski definition) is 0. The maximum absolute atomic E-state index is 6.77. The smallest absolute Gasteiger partial charge is 0.139 e. The number of aryl methyl sites for hydroxylation is 1. The van der Waals surface area contributed by atoms with E-state index in [1.54, 1.807) is 0 Å². The van der Waals surface area contributed by atoms with Crippen LogP contribution in [0.1, 0.15) is 36.1 Å². The summed E-state index contributed by atoms with van der Waals surface area (Å²) in [6.07, 6.45) is 0. The lowest BCUT2D eigenvalue weighted by molar-refractivity contribution is 0.419. The molecule has 2 aromatic heterocycles. The molecule has 0 aliphatic carbocycles. The molecule has 10 rings (SSSR count). The summed E-state index contributed by atoms with van der Waals surface area (Å²) >= 11 is 0. The fraction of sp³-hybridized carbons (Fsp3) is 0.102. The van der Waals surface area contributed by atoms with Crippen molar-refractivity contribution in [2.75, 3.05) is 0 Å². The Labute approximate surface area is 304 Å². The van der Waals surface area contributed by atoms with Gasteiger partial charge in [0.05, 0.1) is 22.1 Å². The van der Waals surface area contributed by atoms with Gasteiger partial charge < -0.3 is 13.9 Å². The van der Waals surface area contributed by atoms with Gasteiger partial charge in [-0.1, -0.05) is 129 Å². The second kappa shape index (κ2) is 11.3. The molecule has 3 nitrogen and oxygen atoms in total. The topological polar surface area (TPSA) is 19.1 Å². The van der Waals surface area contributed by atoms with Crippen LogP contribution < -0.4 is 4.74 Å². The summed E-state index contributed by atoms with van der Waals surface area (Å²) in [7, 11) is 0. The van der Waals surface area contributed by atoms with Crippen molar-refractivity contribution in [2.45, 2.75) is 33.1 Å². The number of benzene rings is 7. The minimum atomic E-state index is -0.178. The monoisotopic (exact) mass is 670 g/mol. The maximum atomic E-state index is 6.77. The molecule has 0 unspecified atom stereocenters. The highest BCUT2D eigenvalue weighted by Crippen LogP contribution is 2.52. The zero-order valence-electron chi connectivity index (χ0n) is 29.8. The fourth-order valence-corrected chi connectivity index (χ4v) is 8.85. The van der Waals surface area contributed by atoms with E-state index in [1.165, 1.54) is 71.8 Å². The van der Waals surface area contributed by atoms with Gasteiger partial charge in [-0.05, 0) is 84.1 Å². The quantitative estimate of drug-likeness (QED) is 0.182. The van der Waals surface area contributed by atoms with Crippen molar-refractivity contribution < 1.29 is 4.74 Å². The molecule has 0 N–H and O–H groups in total. The third-order valence-corrected chi connectivity index (χ3v) is 11.3. The van der Waals surface area contributed by atoms with E-state index >= 15 is 0 Å². The minimum absolute atomic E-state index is 0.178. The van der Waals surface area contributed by atoms with Crippen LogP contribution in [0, 0.1) is 13.8 Å². The first-order valence-electron chi connectivity index (χ1n) is 18.1. The van der Waals surface area contributed by atoms with E-state index in [1.807, 2.05) is 0 Å². The zero-order chi connectivity index (χ0) is 35.1. The van der Waals surface area contributed by atoms with E-state index in [4.69, 9.17) is 4.74 Å². The SMILES string of the molecule is Cc1ccc(-c2cccc(-n3c4ccccc4c4c3c3ccccc3n4-c3ccccc3)c2)c(C)c1-c1cccc2c1Oc1ccccc1C2(C)C. The van der Waals surface area contributed by atoms with Gasteiger partial charge in [-0.2, -0.15) is 0 Å². The van der Waals surface area contributed by atoms with E-state index < -0.39 is 0 Å². The Hall–Kier alpha value is -6.32. The Balaban J connectivity index is 1.18. The van der Waals surface area contributed by atoms with Crippen molar-refractivity contribution >= 4 is 32.8 Å². The highest BCUT2D eigenvalue weighted by molar-refractivity contribution is 6.20. The first-order valence-corrected chi connectivity index (χ1v) is 18.1. The molecule has 52 heavy (non-hydrogen) atoms. The molecule has 0 atom stereocenters. The molecule has 7 aromatic carbocycles. The summed E-state index contributed by atoms with van der Waals surface area (Å²) < 4.78 is 11.7. The Morgan fingerprint density at radius 2 is 1.10 bits per heavy atom. The van der Waals surface area contributed by atoms with Crippen LogP contribution in [0.4, 0.5) is 0 Å². The van der Waals surface area contributed by atoms with Crippen molar-refractivity contribution in [1.29, 1.82) is 0 Å². The highest BCUT2D eigenvalue weighted by Gasteiger charge is 2.35. The first-order chi connectivity index (χ1) is 25.4. The largest absolute Gasteiger partial charge is 0.456 e. The third-order valence-electron chi connectivity index (χ3n) is 11.3. The number of ether oxygens (including phenoxy) is 1. The summed E-state index contributed by atoms with van der Waals surface area (Å²) in [5.74, 6) is 1.89. The van der Waals surface area contributed by atoms with Crippen molar-refractivity contribution in [1.82, 2.24) is 9.13 Å². The lowest BCUT2D eigenvalue weighted by Crippen LogP contribution is -2.24. The second-order valence-electron chi connectivity index (χ2n) is 14.6. The highest BCUT2D eigenvalue weighted by atomic mass is 16.5. The normalized spacial score (nSPS) is 13.3. The number of fused-ring (bicyclic) bond motifs is 7. The van der Waals surface area contributed by atoms with Crippen LogP contribution in [-0.4, -0.2) is 9.13 Å². The molecule has 0 fully saturated rings. The third kappa shape index (κ3) is 4.32. The van der Waals surface area contributed by atoms with Crippen molar-refractivity contribution in [3.63, 3.8) is 0 Å². The Morgan fingerprint density at radius 3 is 1.85 bits per heavy atom. The minimum Gasteiger partial charge on any atom is -0.456 e. The van der Waals surface area contributed by atoms with E-state index in [9.17, 15) is 0 Å². The molecule has 3 heterocycles. The van der Waals surface area contributed by atoms with Crippen LogP contribution in [0.15, 0.2) is 158 Å². The number of para-hydroxylation sites is 5. The summed E-state index contributed by atoms with van der Waals surface area (Å²) in [5, 5.41) is 2.46. The predicted molar refractivity (Wildman–Crippen MR) is 217 cm³/mol. The van der Waals surface area contributed by atoms with Crippen LogP contribution in [0.2, 0.25) is 0 Å². The lowest BCUT2D eigenvalue weighted by Gasteiger charge is -2.35. The van der Waals surface area contributed by atoms with Gasteiger partial charge in [-0.25, -0.2) is 0 Å². The molecule has 0 saturated carbocycles. The summed E-state index contributed by atoms with van der Waals surface area (Å²) in [6.45, 7) is 9.09. The average molecular weight is 671 g/mol. The van der Waals surface area contributed by atoms with Gasteiger partial charge in [0.2, 0.25) is 0 Å². The van der Waals surface area contributed by atoms with Gasteiger partial charge in [0.1, 0.15) is 11.5 Å². The van der Waals surface area contributed by atoms with Crippen LogP contribution in [-0.2, 0) is 5.41 Å². The van der Waals surface area contributed by atoms with E-state index in [2.05, 4.69) is 195 Å². The number of rotatable bonds is 4. The predicted octanol–water partition coefficient (Wildman–Crippen LogP) is 13.1. The van der Waals surface area contributed by atoms with Gasteiger partial charge in [-0.15, -0.1) is 0 Å². The van der Waals surface area contributed by atoms with Crippen LogP contribution >= 0.6 is 0 Å². The first kappa shape index (κ1) is 30.5. The van der Waals surface area contributed by atoms with Crippen LogP contribution in [0.3, 0.4) is 0 Å².